The third-order valence-corrected chi connectivity index (χ3v) is 3.25. The Kier molecular flexibility index (Phi) is 3.84. The highest BCUT2D eigenvalue weighted by Crippen LogP contribution is 2.21. The molecule has 1 fully saturated rings. The number of carboxylic acid groups (broad SMARTS) is 1. The van der Waals surface area contributed by atoms with Crippen molar-refractivity contribution in [2.75, 3.05) is 7.05 Å². The first-order chi connectivity index (χ1) is 8.99. The average Bonchev–Trinajstić information content (AvgIpc) is 2.98. The Hall–Kier alpha value is -1.89. The molecule has 1 N–H and O–H groups in total. The van der Waals surface area contributed by atoms with Crippen LogP contribution in [0.25, 0.3) is 0 Å². The molecule has 7 heteroatoms. The van der Waals surface area contributed by atoms with Gasteiger partial charge < -0.3 is 19.3 Å². The lowest BCUT2D eigenvalue weighted by molar-refractivity contribution is -0.154. The smallest absolute Gasteiger partial charge is 0.332 e. The van der Waals surface area contributed by atoms with Crippen LogP contribution in [0.2, 0.25) is 0 Å². The molecule has 1 aromatic rings. The number of nitrogens with zero attached hydrogens (tertiary/aromatic N) is 3. The monoisotopic (exact) mass is 267 g/mol. The van der Waals surface area contributed by atoms with E-state index in [-0.39, 0.29) is 5.91 Å². The van der Waals surface area contributed by atoms with Crippen molar-refractivity contribution in [3.8, 4) is 0 Å². The van der Waals surface area contributed by atoms with Gasteiger partial charge in [-0.2, -0.15) is 0 Å². The van der Waals surface area contributed by atoms with Crippen LogP contribution in [0.3, 0.4) is 0 Å². The predicted octanol–water partition coefficient (Wildman–Crippen LogP) is 0.0107. The van der Waals surface area contributed by atoms with Gasteiger partial charge in [0, 0.05) is 26.5 Å². The maximum Gasteiger partial charge on any atom is 0.332 e. The summed E-state index contributed by atoms with van der Waals surface area (Å²) in [6, 6.07) is 0. The maximum atomic E-state index is 12.1. The van der Waals surface area contributed by atoms with E-state index in [9.17, 15) is 9.59 Å². The lowest BCUT2D eigenvalue weighted by atomic mass is 10.2. The van der Waals surface area contributed by atoms with Crippen molar-refractivity contribution in [3.63, 3.8) is 0 Å². The van der Waals surface area contributed by atoms with E-state index < -0.39 is 18.2 Å². The zero-order valence-corrected chi connectivity index (χ0v) is 10.9. The van der Waals surface area contributed by atoms with Crippen LogP contribution < -0.4 is 0 Å². The third-order valence-electron chi connectivity index (χ3n) is 3.25. The van der Waals surface area contributed by atoms with Gasteiger partial charge in [-0.15, -0.1) is 0 Å². The Morgan fingerprint density at radius 3 is 2.74 bits per heavy atom. The lowest BCUT2D eigenvalue weighted by Crippen LogP contribution is -2.37. The van der Waals surface area contributed by atoms with Gasteiger partial charge in [-0.3, -0.25) is 4.79 Å². The molecule has 0 aliphatic carbocycles. The van der Waals surface area contributed by atoms with Crippen molar-refractivity contribution >= 4 is 11.9 Å². The Morgan fingerprint density at radius 1 is 1.53 bits per heavy atom. The predicted molar refractivity (Wildman–Crippen MR) is 65.2 cm³/mol. The summed E-state index contributed by atoms with van der Waals surface area (Å²) in [5.74, 6) is -0.447. The molecule has 2 heterocycles. The molecule has 7 nitrogen and oxygen atoms in total. The fourth-order valence-electron chi connectivity index (χ4n) is 2.09. The standard InChI is InChI=1S/C12H17N3O4/c1-14-6-5-13-10(14)7-15(2)11(16)8-3-4-9(19-8)12(17)18/h5-6,8-9H,3-4,7H2,1-2H3,(H,17,18)/t8-,9+/m0/s1. The second-order valence-electron chi connectivity index (χ2n) is 4.68. The van der Waals surface area contributed by atoms with Gasteiger partial charge in [0.25, 0.3) is 5.91 Å². The van der Waals surface area contributed by atoms with Gasteiger partial charge in [-0.1, -0.05) is 0 Å². The van der Waals surface area contributed by atoms with Crippen LogP contribution in [-0.2, 0) is 27.9 Å². The zero-order valence-electron chi connectivity index (χ0n) is 10.9. The molecule has 1 saturated heterocycles. The van der Waals surface area contributed by atoms with Crippen molar-refractivity contribution in [3.05, 3.63) is 18.2 Å². The fraction of sp³-hybridized carbons (Fsp3) is 0.583. The number of carboxylic acids is 1. The van der Waals surface area contributed by atoms with Gasteiger partial charge in [-0.05, 0) is 12.8 Å². The molecule has 0 bridgehead atoms. The highest BCUT2D eigenvalue weighted by molar-refractivity contribution is 5.82. The SMILES string of the molecule is CN(Cc1nccn1C)C(=O)[C@@H]1CC[C@H](C(=O)O)O1. The summed E-state index contributed by atoms with van der Waals surface area (Å²) >= 11 is 0. The molecule has 104 valence electrons. The number of aryl methyl sites for hydroxylation is 1. The Labute approximate surface area is 110 Å². The van der Waals surface area contributed by atoms with Gasteiger partial charge in [0.15, 0.2) is 6.10 Å². The summed E-state index contributed by atoms with van der Waals surface area (Å²) < 4.78 is 7.07. The normalized spacial score (nSPS) is 22.4. The molecule has 0 radical (unpaired) electrons. The number of rotatable bonds is 4. The molecule has 0 spiro atoms. The summed E-state index contributed by atoms with van der Waals surface area (Å²) in [6.45, 7) is 0.375. The van der Waals surface area contributed by atoms with Crippen LogP contribution in [-0.4, -0.2) is 50.7 Å². The zero-order chi connectivity index (χ0) is 14.0. The van der Waals surface area contributed by atoms with E-state index in [0.29, 0.717) is 19.4 Å². The number of carbonyl (C=O) groups excluding carboxylic acids is 1. The highest BCUT2D eigenvalue weighted by atomic mass is 16.5. The van der Waals surface area contributed by atoms with Gasteiger partial charge in [0.2, 0.25) is 0 Å². The molecular formula is C12H17N3O4. The number of carbonyl (C=O) groups is 2. The van der Waals surface area contributed by atoms with Crippen molar-refractivity contribution in [2.45, 2.75) is 31.6 Å². The van der Waals surface area contributed by atoms with Gasteiger partial charge in [0.1, 0.15) is 11.9 Å². The van der Waals surface area contributed by atoms with E-state index in [1.54, 1.807) is 19.4 Å². The Balaban J connectivity index is 1.93. The molecule has 1 aliphatic heterocycles. The lowest BCUT2D eigenvalue weighted by Gasteiger charge is -2.20. The second kappa shape index (κ2) is 5.40. The third kappa shape index (κ3) is 2.93. The van der Waals surface area contributed by atoms with E-state index >= 15 is 0 Å². The van der Waals surface area contributed by atoms with E-state index in [0.717, 1.165) is 5.82 Å². The fourth-order valence-corrected chi connectivity index (χ4v) is 2.09. The van der Waals surface area contributed by atoms with E-state index in [2.05, 4.69) is 4.98 Å². The Morgan fingerprint density at radius 2 is 2.21 bits per heavy atom. The number of hydrogen-bond acceptors (Lipinski definition) is 4. The van der Waals surface area contributed by atoms with Crippen molar-refractivity contribution < 1.29 is 19.4 Å². The number of imidazole rings is 1. The molecule has 1 aliphatic rings. The number of likely N-dealkylation sites (N-methyl/N-ethyl adjacent to an activating group) is 1. The van der Waals surface area contributed by atoms with Crippen LogP contribution in [0.15, 0.2) is 12.4 Å². The average molecular weight is 267 g/mol. The molecule has 0 saturated carbocycles. The molecular weight excluding hydrogens is 250 g/mol. The van der Waals surface area contributed by atoms with Crippen LogP contribution >= 0.6 is 0 Å². The molecule has 0 unspecified atom stereocenters. The van der Waals surface area contributed by atoms with Crippen LogP contribution in [0.4, 0.5) is 0 Å². The van der Waals surface area contributed by atoms with Gasteiger partial charge in [-0.25, -0.2) is 9.78 Å². The van der Waals surface area contributed by atoms with Gasteiger partial charge in [0.05, 0.1) is 6.54 Å². The van der Waals surface area contributed by atoms with Crippen LogP contribution in [0.1, 0.15) is 18.7 Å². The largest absolute Gasteiger partial charge is 0.479 e. The van der Waals surface area contributed by atoms with E-state index in [1.165, 1.54) is 4.90 Å². The Bertz CT molecular complexity index is 485. The van der Waals surface area contributed by atoms with Crippen molar-refractivity contribution in [2.24, 2.45) is 7.05 Å². The first kappa shape index (κ1) is 13.5. The molecule has 0 aromatic carbocycles. The molecule has 19 heavy (non-hydrogen) atoms. The maximum absolute atomic E-state index is 12.1. The summed E-state index contributed by atoms with van der Waals surface area (Å²) in [6.07, 6.45) is 2.77. The summed E-state index contributed by atoms with van der Waals surface area (Å²) in [7, 11) is 3.52. The number of amides is 1. The minimum atomic E-state index is -1.01. The minimum absolute atomic E-state index is 0.202. The van der Waals surface area contributed by atoms with Crippen molar-refractivity contribution in [1.82, 2.24) is 14.5 Å². The minimum Gasteiger partial charge on any atom is -0.479 e. The number of ether oxygens (including phenoxy) is 1. The number of aromatic nitrogens is 2. The van der Waals surface area contributed by atoms with Crippen LogP contribution in [0.5, 0.6) is 0 Å². The molecule has 1 amide bonds. The molecule has 2 rings (SSSR count). The summed E-state index contributed by atoms with van der Waals surface area (Å²) in [4.78, 5) is 28.6. The quantitative estimate of drug-likeness (QED) is 0.830. The van der Waals surface area contributed by atoms with E-state index in [1.807, 2.05) is 11.6 Å². The number of aliphatic carboxylic acids is 1. The first-order valence-corrected chi connectivity index (χ1v) is 6.08. The van der Waals surface area contributed by atoms with Crippen molar-refractivity contribution in [1.29, 1.82) is 0 Å². The first-order valence-electron chi connectivity index (χ1n) is 6.08. The topological polar surface area (TPSA) is 84.7 Å². The number of hydrogen-bond donors (Lipinski definition) is 1. The summed E-state index contributed by atoms with van der Waals surface area (Å²) in [5.41, 5.74) is 0. The molecule has 2 atom stereocenters. The molecule has 1 aromatic heterocycles. The second-order valence-corrected chi connectivity index (χ2v) is 4.68. The van der Waals surface area contributed by atoms with Crippen LogP contribution in [0, 0.1) is 0 Å². The van der Waals surface area contributed by atoms with E-state index in [4.69, 9.17) is 9.84 Å². The summed E-state index contributed by atoms with van der Waals surface area (Å²) in [5, 5.41) is 8.83. The van der Waals surface area contributed by atoms with Gasteiger partial charge >= 0.3 is 5.97 Å². The highest BCUT2D eigenvalue weighted by Gasteiger charge is 2.36.